The summed E-state index contributed by atoms with van der Waals surface area (Å²) in [7, 11) is -4.16. The molecular formula is C23H25FN2O5S. The van der Waals surface area contributed by atoms with Crippen LogP contribution in [-0.2, 0) is 14.3 Å². The van der Waals surface area contributed by atoms with Crippen LogP contribution in [0.5, 0.6) is 5.75 Å². The Hall–Kier alpha value is -2.75. The number of halogens is 1. The summed E-state index contributed by atoms with van der Waals surface area (Å²) >= 11 is 0. The lowest BCUT2D eigenvalue weighted by Crippen LogP contribution is -2.31. The van der Waals surface area contributed by atoms with Crippen LogP contribution < -0.4 is 10.5 Å². The fourth-order valence-corrected chi connectivity index (χ4v) is 4.64. The van der Waals surface area contributed by atoms with Crippen molar-refractivity contribution in [1.29, 1.82) is 0 Å². The molecule has 0 radical (unpaired) electrons. The Morgan fingerprint density at radius 1 is 1.25 bits per heavy atom. The van der Waals surface area contributed by atoms with Crippen molar-refractivity contribution in [1.82, 2.24) is 4.98 Å². The number of aromatic nitrogens is 1. The number of benzene rings is 2. The van der Waals surface area contributed by atoms with Gasteiger partial charge in [-0.15, -0.1) is 0 Å². The maximum atomic E-state index is 13.4. The predicted octanol–water partition coefficient (Wildman–Crippen LogP) is 4.72. The average Bonchev–Trinajstić information content (AvgIpc) is 3.43. The first-order valence-electron chi connectivity index (χ1n) is 10.4. The average molecular weight is 461 g/mol. The molecule has 0 spiro atoms. The fraction of sp³-hybridized carbons (Fsp3) is 0.348. The molecule has 1 aromatic heterocycles. The van der Waals surface area contributed by atoms with Gasteiger partial charge >= 0.3 is 0 Å². The second-order valence-corrected chi connectivity index (χ2v) is 9.49. The van der Waals surface area contributed by atoms with Crippen molar-refractivity contribution in [3.63, 3.8) is 0 Å². The molecule has 0 saturated heterocycles. The van der Waals surface area contributed by atoms with Gasteiger partial charge in [0, 0.05) is 17.6 Å². The van der Waals surface area contributed by atoms with E-state index in [1.807, 2.05) is 6.92 Å². The monoisotopic (exact) mass is 460 g/mol. The molecule has 0 aliphatic heterocycles. The Kier molecular flexibility index (Phi) is 6.59. The number of nitrogens with zero attached hydrogens (tertiary/aromatic N) is 1. The Labute approximate surface area is 186 Å². The number of nitrogens with two attached hydrogens (primary N) is 1. The van der Waals surface area contributed by atoms with Crippen LogP contribution in [0.1, 0.15) is 43.1 Å². The molecule has 1 aliphatic rings. The van der Waals surface area contributed by atoms with Gasteiger partial charge in [-0.25, -0.2) is 13.6 Å². The number of hydrogen-bond acceptors (Lipinski definition) is 7. The molecule has 7 nitrogen and oxygen atoms in total. The molecular weight excluding hydrogens is 435 g/mol. The molecule has 2 N–H and O–H groups in total. The molecule has 4 rings (SSSR count). The topological polar surface area (TPSA) is 105 Å². The molecule has 0 bridgehead atoms. The van der Waals surface area contributed by atoms with Gasteiger partial charge in [0.15, 0.2) is 17.7 Å². The third-order valence-electron chi connectivity index (χ3n) is 5.53. The van der Waals surface area contributed by atoms with Gasteiger partial charge in [0.1, 0.15) is 17.9 Å². The molecule has 1 aliphatic carbocycles. The molecule has 1 fully saturated rings. The summed E-state index contributed by atoms with van der Waals surface area (Å²) in [5.74, 6) is 1.49. The highest BCUT2D eigenvalue weighted by Gasteiger charge is 2.24. The van der Waals surface area contributed by atoms with Crippen LogP contribution in [0.2, 0.25) is 0 Å². The predicted molar refractivity (Wildman–Crippen MR) is 117 cm³/mol. The summed E-state index contributed by atoms with van der Waals surface area (Å²) in [6, 6.07) is 11.2. The van der Waals surface area contributed by atoms with E-state index in [1.54, 1.807) is 30.3 Å². The van der Waals surface area contributed by atoms with Crippen LogP contribution in [0.3, 0.4) is 0 Å². The van der Waals surface area contributed by atoms with Crippen LogP contribution in [0, 0.1) is 6.92 Å². The molecule has 9 heteroatoms. The Morgan fingerprint density at radius 3 is 2.66 bits per heavy atom. The molecule has 1 heterocycles. The van der Waals surface area contributed by atoms with Gasteiger partial charge in [0.2, 0.25) is 0 Å². The van der Waals surface area contributed by atoms with E-state index in [4.69, 9.17) is 19.1 Å². The van der Waals surface area contributed by atoms with Crippen molar-refractivity contribution in [2.24, 2.45) is 5.73 Å². The number of fused-ring (bicyclic) bond motifs is 1. The highest BCUT2D eigenvalue weighted by atomic mass is 32.2. The molecule has 1 saturated carbocycles. The van der Waals surface area contributed by atoms with E-state index in [0.29, 0.717) is 17.3 Å². The van der Waals surface area contributed by atoms with E-state index in [0.717, 1.165) is 29.8 Å². The molecule has 1 unspecified atom stereocenters. The van der Waals surface area contributed by atoms with Gasteiger partial charge in [-0.3, -0.25) is 0 Å². The number of aryl methyl sites for hydroxylation is 1. The molecule has 170 valence electrons. The molecule has 3 aromatic rings. The van der Waals surface area contributed by atoms with Crippen molar-refractivity contribution >= 4 is 21.2 Å². The lowest BCUT2D eigenvalue weighted by atomic mass is 10.1. The molecule has 32 heavy (non-hydrogen) atoms. The Morgan fingerprint density at radius 2 is 1.97 bits per heavy atom. The minimum Gasteiger partial charge on any atom is -0.489 e. The summed E-state index contributed by atoms with van der Waals surface area (Å²) in [6.07, 6.45) is 3.17. The number of oxazole rings is 1. The van der Waals surface area contributed by atoms with Crippen LogP contribution in [0.15, 0.2) is 63.7 Å². The first kappa shape index (κ1) is 22.4. The van der Waals surface area contributed by atoms with Crippen molar-refractivity contribution in [3.05, 3.63) is 65.8 Å². The van der Waals surface area contributed by atoms with Crippen molar-refractivity contribution in [3.8, 4) is 5.75 Å². The third kappa shape index (κ3) is 5.01. The minimum absolute atomic E-state index is 0.0634. The Balaban J connectivity index is 1.41. The Bertz CT molecular complexity index is 1210. The van der Waals surface area contributed by atoms with Crippen molar-refractivity contribution < 1.29 is 26.1 Å². The second-order valence-electron chi connectivity index (χ2n) is 7.92. The van der Waals surface area contributed by atoms with Crippen molar-refractivity contribution in [2.45, 2.75) is 49.6 Å². The van der Waals surface area contributed by atoms with E-state index in [-0.39, 0.29) is 23.4 Å². The molecule has 0 amide bonds. The van der Waals surface area contributed by atoms with Crippen LogP contribution >= 0.6 is 0 Å². The number of rotatable bonds is 8. The third-order valence-corrected chi connectivity index (χ3v) is 6.84. The maximum Gasteiger partial charge on any atom is 0.298 e. The standard InChI is InChI=1S/C23H25FN2O5S/c1-15-6-9-19(10-7-15)32(27,28)31-22(25)17(13-24)14-29-18-8-11-20-21(12-18)30-23(26-20)16-4-2-3-5-16/h6-13,16,22H,2-5,14,25H2,1H3/b17-13+. The van der Waals surface area contributed by atoms with Crippen LogP contribution in [-0.4, -0.2) is 26.2 Å². The van der Waals surface area contributed by atoms with Gasteiger partial charge in [-0.2, -0.15) is 8.42 Å². The minimum atomic E-state index is -4.16. The number of ether oxygens (including phenoxy) is 1. The van der Waals surface area contributed by atoms with Gasteiger partial charge in [-0.05, 0) is 44.0 Å². The van der Waals surface area contributed by atoms with Crippen LogP contribution in [0.4, 0.5) is 4.39 Å². The van der Waals surface area contributed by atoms with Gasteiger partial charge in [0.25, 0.3) is 10.1 Å². The summed E-state index contributed by atoms with van der Waals surface area (Å²) in [4.78, 5) is 4.49. The second kappa shape index (κ2) is 9.40. The van der Waals surface area contributed by atoms with E-state index in [9.17, 15) is 12.8 Å². The van der Waals surface area contributed by atoms with Crippen molar-refractivity contribution in [2.75, 3.05) is 6.61 Å². The zero-order valence-electron chi connectivity index (χ0n) is 17.7. The molecule has 1 atom stereocenters. The maximum absolute atomic E-state index is 13.4. The van der Waals surface area contributed by atoms with E-state index < -0.39 is 16.3 Å². The van der Waals surface area contributed by atoms with E-state index in [1.165, 1.54) is 25.0 Å². The van der Waals surface area contributed by atoms with Gasteiger partial charge in [0.05, 0.1) is 11.2 Å². The zero-order valence-corrected chi connectivity index (χ0v) is 18.5. The van der Waals surface area contributed by atoms with E-state index in [2.05, 4.69) is 4.98 Å². The quantitative estimate of drug-likeness (QED) is 0.383. The normalized spacial score (nSPS) is 16.5. The summed E-state index contributed by atoms with van der Waals surface area (Å²) < 4.78 is 54.7. The number of hydrogen-bond donors (Lipinski definition) is 1. The van der Waals surface area contributed by atoms with Crippen LogP contribution in [0.25, 0.3) is 11.1 Å². The summed E-state index contributed by atoms with van der Waals surface area (Å²) in [5, 5.41) is 0. The lowest BCUT2D eigenvalue weighted by Gasteiger charge is -2.16. The first-order valence-corrected chi connectivity index (χ1v) is 11.8. The van der Waals surface area contributed by atoms with E-state index >= 15 is 0 Å². The fourth-order valence-electron chi connectivity index (χ4n) is 3.66. The highest BCUT2D eigenvalue weighted by molar-refractivity contribution is 7.86. The first-order chi connectivity index (χ1) is 15.4. The SMILES string of the molecule is Cc1ccc(S(=O)(=O)OC(N)/C(=C/F)COc2ccc3nc(C4CCCC4)oc3c2)cc1. The highest BCUT2D eigenvalue weighted by Crippen LogP contribution is 2.35. The summed E-state index contributed by atoms with van der Waals surface area (Å²) in [6.45, 7) is 1.53. The van der Waals surface area contributed by atoms with Gasteiger partial charge < -0.3 is 14.9 Å². The smallest absolute Gasteiger partial charge is 0.298 e. The summed E-state index contributed by atoms with van der Waals surface area (Å²) in [5.41, 5.74) is 7.83. The van der Waals surface area contributed by atoms with Gasteiger partial charge in [-0.1, -0.05) is 30.5 Å². The molecule has 2 aromatic carbocycles. The largest absolute Gasteiger partial charge is 0.489 e. The lowest BCUT2D eigenvalue weighted by molar-refractivity contribution is 0.224. The zero-order chi connectivity index (χ0) is 22.7.